The van der Waals surface area contributed by atoms with Gasteiger partial charge in [-0.3, -0.25) is 9.36 Å². The van der Waals surface area contributed by atoms with Crippen LogP contribution in [0, 0.1) is 20.8 Å². The molecule has 0 aliphatic rings. The third-order valence-electron chi connectivity index (χ3n) is 3.90. The van der Waals surface area contributed by atoms with Gasteiger partial charge in [-0.05, 0) is 49.6 Å². The Labute approximate surface area is 123 Å². The zero-order valence-corrected chi connectivity index (χ0v) is 12.6. The zero-order chi connectivity index (χ0) is 15.0. The van der Waals surface area contributed by atoms with Crippen molar-refractivity contribution >= 4 is 10.9 Å². The molecular formula is C18H18N2O. The molecule has 1 heterocycles. The molecule has 3 nitrogen and oxygen atoms in total. The number of rotatable bonds is 2. The summed E-state index contributed by atoms with van der Waals surface area (Å²) in [4.78, 5) is 16.9. The molecule has 0 saturated carbocycles. The van der Waals surface area contributed by atoms with E-state index in [0.717, 1.165) is 5.52 Å². The van der Waals surface area contributed by atoms with Crippen molar-refractivity contribution in [1.29, 1.82) is 0 Å². The van der Waals surface area contributed by atoms with Crippen LogP contribution in [-0.4, -0.2) is 9.55 Å². The summed E-state index contributed by atoms with van der Waals surface area (Å²) in [6, 6.07) is 11.8. The monoisotopic (exact) mass is 278 g/mol. The molecule has 0 fully saturated rings. The molecule has 3 rings (SSSR count). The minimum Gasteiger partial charge on any atom is -0.294 e. The molecule has 0 bridgehead atoms. The van der Waals surface area contributed by atoms with Gasteiger partial charge in [0.1, 0.15) is 0 Å². The standard InChI is InChI=1S/C18H18N2O/c1-12-8-13(2)16(14(3)9-12)10-20-11-19-17-7-5-4-6-15(17)18(20)21/h4-9,11H,10H2,1-3H3. The van der Waals surface area contributed by atoms with Gasteiger partial charge in [-0.25, -0.2) is 4.98 Å². The number of benzene rings is 2. The molecule has 2 aromatic carbocycles. The maximum Gasteiger partial charge on any atom is 0.261 e. The van der Waals surface area contributed by atoms with Crippen LogP contribution in [0.25, 0.3) is 10.9 Å². The first-order valence-electron chi connectivity index (χ1n) is 7.07. The molecule has 3 aromatic rings. The normalized spacial score (nSPS) is 11.0. The predicted molar refractivity (Wildman–Crippen MR) is 85.8 cm³/mol. The van der Waals surface area contributed by atoms with Crippen LogP contribution in [-0.2, 0) is 6.54 Å². The van der Waals surface area contributed by atoms with Gasteiger partial charge in [-0.2, -0.15) is 0 Å². The van der Waals surface area contributed by atoms with Gasteiger partial charge >= 0.3 is 0 Å². The highest BCUT2D eigenvalue weighted by molar-refractivity contribution is 5.76. The second-order valence-corrected chi connectivity index (χ2v) is 5.57. The van der Waals surface area contributed by atoms with Gasteiger partial charge in [0.15, 0.2) is 0 Å². The number of fused-ring (bicyclic) bond motifs is 1. The number of nitrogens with zero attached hydrogens (tertiary/aromatic N) is 2. The van der Waals surface area contributed by atoms with Gasteiger partial charge in [0.25, 0.3) is 5.56 Å². The van der Waals surface area contributed by atoms with E-state index < -0.39 is 0 Å². The lowest BCUT2D eigenvalue weighted by Crippen LogP contribution is -2.22. The molecule has 0 radical (unpaired) electrons. The van der Waals surface area contributed by atoms with E-state index in [2.05, 4.69) is 37.9 Å². The van der Waals surface area contributed by atoms with Crippen LogP contribution in [0.15, 0.2) is 47.5 Å². The van der Waals surface area contributed by atoms with Crippen molar-refractivity contribution in [2.75, 3.05) is 0 Å². The van der Waals surface area contributed by atoms with Crippen LogP contribution in [0.3, 0.4) is 0 Å². The number of aromatic nitrogens is 2. The van der Waals surface area contributed by atoms with Gasteiger partial charge in [-0.15, -0.1) is 0 Å². The quantitative estimate of drug-likeness (QED) is 0.720. The van der Waals surface area contributed by atoms with Crippen LogP contribution in [0.4, 0.5) is 0 Å². The molecule has 3 heteroatoms. The van der Waals surface area contributed by atoms with E-state index in [1.165, 1.54) is 22.3 Å². The largest absolute Gasteiger partial charge is 0.294 e. The van der Waals surface area contributed by atoms with Crippen molar-refractivity contribution in [1.82, 2.24) is 9.55 Å². The van der Waals surface area contributed by atoms with Crippen LogP contribution in [0.1, 0.15) is 22.3 Å². The van der Waals surface area contributed by atoms with Gasteiger partial charge in [-0.1, -0.05) is 29.8 Å². The maximum atomic E-state index is 12.5. The lowest BCUT2D eigenvalue weighted by Gasteiger charge is -2.13. The number of hydrogen-bond donors (Lipinski definition) is 0. The van der Waals surface area contributed by atoms with Crippen molar-refractivity contribution in [3.63, 3.8) is 0 Å². The van der Waals surface area contributed by atoms with Gasteiger partial charge in [0, 0.05) is 0 Å². The zero-order valence-electron chi connectivity index (χ0n) is 12.6. The molecule has 0 aliphatic heterocycles. The number of hydrogen-bond acceptors (Lipinski definition) is 2. The van der Waals surface area contributed by atoms with Crippen molar-refractivity contribution in [3.8, 4) is 0 Å². The average Bonchev–Trinajstić information content (AvgIpc) is 2.45. The highest BCUT2D eigenvalue weighted by Crippen LogP contribution is 2.17. The van der Waals surface area contributed by atoms with Gasteiger partial charge < -0.3 is 0 Å². The first kappa shape index (κ1) is 13.6. The Morgan fingerprint density at radius 2 is 1.71 bits per heavy atom. The molecule has 0 unspecified atom stereocenters. The Bertz CT molecular complexity index is 855. The van der Waals surface area contributed by atoms with Gasteiger partial charge in [0.2, 0.25) is 0 Å². The molecule has 0 amide bonds. The first-order chi connectivity index (χ1) is 10.1. The van der Waals surface area contributed by atoms with Crippen molar-refractivity contribution < 1.29 is 0 Å². The summed E-state index contributed by atoms with van der Waals surface area (Å²) in [6.07, 6.45) is 1.64. The smallest absolute Gasteiger partial charge is 0.261 e. The minimum atomic E-state index is 0.0139. The van der Waals surface area contributed by atoms with E-state index in [-0.39, 0.29) is 5.56 Å². The molecule has 1 aromatic heterocycles. The summed E-state index contributed by atoms with van der Waals surface area (Å²) >= 11 is 0. The highest BCUT2D eigenvalue weighted by Gasteiger charge is 2.08. The van der Waals surface area contributed by atoms with Crippen molar-refractivity contribution in [2.45, 2.75) is 27.3 Å². The highest BCUT2D eigenvalue weighted by atomic mass is 16.1. The van der Waals surface area contributed by atoms with E-state index in [4.69, 9.17) is 0 Å². The second-order valence-electron chi connectivity index (χ2n) is 5.57. The topological polar surface area (TPSA) is 34.9 Å². The van der Waals surface area contributed by atoms with Crippen LogP contribution in [0.2, 0.25) is 0 Å². The fourth-order valence-electron chi connectivity index (χ4n) is 2.85. The lowest BCUT2D eigenvalue weighted by atomic mass is 10.00. The number of para-hydroxylation sites is 1. The molecule has 0 spiro atoms. The molecular weight excluding hydrogens is 260 g/mol. The van der Waals surface area contributed by atoms with E-state index in [0.29, 0.717) is 11.9 Å². The lowest BCUT2D eigenvalue weighted by molar-refractivity contribution is 0.740. The Morgan fingerprint density at radius 3 is 2.43 bits per heavy atom. The summed E-state index contributed by atoms with van der Waals surface area (Å²) in [6.45, 7) is 6.84. The SMILES string of the molecule is Cc1cc(C)c(Cn2cnc3ccccc3c2=O)c(C)c1. The second kappa shape index (κ2) is 5.17. The third-order valence-corrected chi connectivity index (χ3v) is 3.90. The molecule has 0 saturated heterocycles. The molecule has 106 valence electrons. The van der Waals surface area contributed by atoms with Crippen molar-refractivity contribution in [2.24, 2.45) is 0 Å². The molecule has 0 atom stereocenters. The van der Waals surface area contributed by atoms with Crippen LogP contribution < -0.4 is 5.56 Å². The van der Waals surface area contributed by atoms with E-state index in [1.54, 1.807) is 10.9 Å². The fourth-order valence-corrected chi connectivity index (χ4v) is 2.85. The average molecular weight is 278 g/mol. The van der Waals surface area contributed by atoms with Crippen LogP contribution >= 0.6 is 0 Å². The Hall–Kier alpha value is -2.42. The molecule has 0 aliphatic carbocycles. The Balaban J connectivity index is 2.11. The predicted octanol–water partition coefficient (Wildman–Crippen LogP) is 3.37. The van der Waals surface area contributed by atoms with E-state index in [1.807, 2.05) is 24.3 Å². The van der Waals surface area contributed by atoms with Crippen molar-refractivity contribution in [3.05, 3.63) is 75.3 Å². The first-order valence-corrected chi connectivity index (χ1v) is 7.07. The summed E-state index contributed by atoms with van der Waals surface area (Å²) in [5.41, 5.74) is 5.63. The van der Waals surface area contributed by atoms with E-state index >= 15 is 0 Å². The van der Waals surface area contributed by atoms with Gasteiger partial charge in [0.05, 0.1) is 23.8 Å². The number of aryl methyl sites for hydroxylation is 3. The summed E-state index contributed by atoms with van der Waals surface area (Å²) in [5.74, 6) is 0. The summed E-state index contributed by atoms with van der Waals surface area (Å²) in [7, 11) is 0. The summed E-state index contributed by atoms with van der Waals surface area (Å²) < 4.78 is 1.69. The third kappa shape index (κ3) is 2.47. The Morgan fingerprint density at radius 1 is 1.05 bits per heavy atom. The molecule has 0 N–H and O–H groups in total. The molecule has 21 heavy (non-hydrogen) atoms. The summed E-state index contributed by atoms with van der Waals surface area (Å²) in [5, 5.41) is 0.669. The van der Waals surface area contributed by atoms with E-state index in [9.17, 15) is 4.79 Å². The maximum absolute atomic E-state index is 12.5. The van der Waals surface area contributed by atoms with Crippen LogP contribution in [0.5, 0.6) is 0 Å². The Kier molecular flexibility index (Phi) is 3.34. The fraction of sp³-hybridized carbons (Fsp3) is 0.222. The minimum absolute atomic E-state index is 0.0139.